The molecule has 0 aromatic heterocycles. The maximum atomic E-state index is 12.2. The van der Waals surface area contributed by atoms with Crippen LogP contribution in [0.15, 0.2) is 0 Å². The minimum Gasteiger partial charge on any atom is -0.481 e. The molecule has 2 amide bonds. The minimum absolute atomic E-state index is 0.139. The number of urea groups is 1. The Balaban J connectivity index is 2.54. The molecule has 1 atom stereocenters. The molecular formula is C15H28N2O3. The Morgan fingerprint density at radius 3 is 2.35 bits per heavy atom. The number of carboxylic acid groups (broad SMARTS) is 1. The maximum Gasteiger partial charge on any atom is 0.317 e. The number of aliphatic carboxylic acids is 1. The number of carbonyl (C=O) groups excluding carboxylic acids is 1. The van der Waals surface area contributed by atoms with Gasteiger partial charge < -0.3 is 15.3 Å². The highest BCUT2D eigenvalue weighted by atomic mass is 16.4. The topological polar surface area (TPSA) is 69.6 Å². The summed E-state index contributed by atoms with van der Waals surface area (Å²) in [6.07, 6.45) is 4.24. The molecule has 1 aliphatic rings. The summed E-state index contributed by atoms with van der Waals surface area (Å²) >= 11 is 0. The van der Waals surface area contributed by atoms with E-state index < -0.39 is 11.4 Å². The number of rotatable bonds is 7. The first-order valence-electron chi connectivity index (χ1n) is 7.71. The van der Waals surface area contributed by atoms with Crippen molar-refractivity contribution >= 4 is 12.0 Å². The molecule has 1 saturated carbocycles. The Kier molecular flexibility index (Phi) is 6.30. The molecule has 2 N–H and O–H groups in total. The van der Waals surface area contributed by atoms with Crippen LogP contribution in [0, 0.1) is 11.3 Å². The predicted molar refractivity (Wildman–Crippen MR) is 78.6 cm³/mol. The van der Waals surface area contributed by atoms with Crippen molar-refractivity contribution in [3.8, 4) is 0 Å². The van der Waals surface area contributed by atoms with Gasteiger partial charge in [-0.25, -0.2) is 4.79 Å². The molecule has 0 spiro atoms. The maximum absolute atomic E-state index is 12.2. The van der Waals surface area contributed by atoms with Crippen LogP contribution in [0.2, 0.25) is 0 Å². The summed E-state index contributed by atoms with van der Waals surface area (Å²) < 4.78 is 0. The highest BCUT2D eigenvalue weighted by Crippen LogP contribution is 2.37. The number of hydrogen-bond acceptors (Lipinski definition) is 2. The van der Waals surface area contributed by atoms with Gasteiger partial charge >= 0.3 is 12.0 Å². The average Bonchev–Trinajstić information content (AvgIpc) is 2.92. The number of hydrogen-bond donors (Lipinski definition) is 2. The number of nitrogens with zero attached hydrogens (tertiary/aromatic N) is 1. The fourth-order valence-electron chi connectivity index (χ4n) is 2.74. The molecule has 0 saturated heterocycles. The van der Waals surface area contributed by atoms with Gasteiger partial charge in [0.1, 0.15) is 0 Å². The van der Waals surface area contributed by atoms with Gasteiger partial charge in [0, 0.05) is 19.6 Å². The van der Waals surface area contributed by atoms with Crippen molar-refractivity contribution in [3.63, 3.8) is 0 Å². The van der Waals surface area contributed by atoms with E-state index in [1.807, 2.05) is 6.92 Å². The van der Waals surface area contributed by atoms with Crippen molar-refractivity contribution in [3.05, 3.63) is 0 Å². The lowest BCUT2D eigenvalue weighted by Crippen LogP contribution is -2.47. The lowest BCUT2D eigenvalue weighted by Gasteiger charge is -2.28. The first-order chi connectivity index (χ1) is 9.45. The highest BCUT2D eigenvalue weighted by Gasteiger charge is 2.41. The molecule has 116 valence electrons. The van der Waals surface area contributed by atoms with Gasteiger partial charge in [-0.05, 0) is 25.7 Å². The van der Waals surface area contributed by atoms with E-state index in [9.17, 15) is 14.7 Å². The Bertz CT molecular complexity index is 338. The number of amides is 2. The van der Waals surface area contributed by atoms with E-state index in [4.69, 9.17) is 0 Å². The molecular weight excluding hydrogens is 256 g/mol. The molecule has 0 radical (unpaired) electrons. The van der Waals surface area contributed by atoms with Crippen LogP contribution < -0.4 is 5.32 Å². The molecule has 5 nitrogen and oxygen atoms in total. The second kappa shape index (κ2) is 7.50. The van der Waals surface area contributed by atoms with Gasteiger partial charge in [-0.1, -0.05) is 33.1 Å². The standard InChI is InChI=1S/C15H28N2O3/c1-4-12(3)10-17(5-2)14(20)16-11-15(13(18)19)8-6-7-9-15/h12H,4-11H2,1-3H3,(H,16,20)(H,18,19). The third kappa shape index (κ3) is 4.12. The van der Waals surface area contributed by atoms with Crippen molar-refractivity contribution < 1.29 is 14.7 Å². The first kappa shape index (κ1) is 16.8. The summed E-state index contributed by atoms with van der Waals surface area (Å²) in [5.41, 5.74) is -0.745. The van der Waals surface area contributed by atoms with Crippen molar-refractivity contribution in [1.29, 1.82) is 0 Å². The van der Waals surface area contributed by atoms with Crippen LogP contribution in [0.1, 0.15) is 52.9 Å². The van der Waals surface area contributed by atoms with Crippen molar-refractivity contribution in [1.82, 2.24) is 10.2 Å². The molecule has 1 rings (SSSR count). The number of carbonyl (C=O) groups is 2. The molecule has 0 aromatic carbocycles. The second-order valence-corrected chi connectivity index (χ2v) is 6.00. The zero-order chi connectivity index (χ0) is 15.2. The summed E-state index contributed by atoms with van der Waals surface area (Å²) in [5.74, 6) is -0.319. The summed E-state index contributed by atoms with van der Waals surface area (Å²) in [4.78, 5) is 25.4. The molecule has 5 heteroatoms. The van der Waals surface area contributed by atoms with Crippen LogP contribution in [0.4, 0.5) is 4.79 Å². The zero-order valence-electron chi connectivity index (χ0n) is 12.9. The highest BCUT2D eigenvalue weighted by molar-refractivity contribution is 5.78. The summed E-state index contributed by atoms with van der Waals surface area (Å²) in [7, 11) is 0. The van der Waals surface area contributed by atoms with Crippen LogP contribution in [-0.4, -0.2) is 41.6 Å². The van der Waals surface area contributed by atoms with Gasteiger partial charge in [0.2, 0.25) is 0 Å². The fraction of sp³-hybridized carbons (Fsp3) is 0.867. The Morgan fingerprint density at radius 1 is 1.30 bits per heavy atom. The predicted octanol–water partition coefficient (Wildman–Crippen LogP) is 2.71. The van der Waals surface area contributed by atoms with E-state index in [0.717, 1.165) is 25.8 Å². The van der Waals surface area contributed by atoms with Gasteiger partial charge in [0.05, 0.1) is 5.41 Å². The summed E-state index contributed by atoms with van der Waals surface area (Å²) in [6.45, 7) is 7.79. The quantitative estimate of drug-likeness (QED) is 0.755. The van der Waals surface area contributed by atoms with Crippen molar-refractivity contribution in [2.24, 2.45) is 11.3 Å². The monoisotopic (exact) mass is 284 g/mol. The van der Waals surface area contributed by atoms with E-state index >= 15 is 0 Å². The van der Waals surface area contributed by atoms with Crippen LogP contribution in [0.25, 0.3) is 0 Å². The van der Waals surface area contributed by atoms with Crippen molar-refractivity contribution in [2.45, 2.75) is 52.9 Å². The Morgan fingerprint density at radius 2 is 1.90 bits per heavy atom. The van der Waals surface area contributed by atoms with Gasteiger partial charge in [0.15, 0.2) is 0 Å². The van der Waals surface area contributed by atoms with Crippen LogP contribution in [-0.2, 0) is 4.79 Å². The lowest BCUT2D eigenvalue weighted by atomic mass is 9.86. The molecule has 1 fully saturated rings. The summed E-state index contributed by atoms with van der Waals surface area (Å²) in [6, 6.07) is -0.139. The van der Waals surface area contributed by atoms with Gasteiger partial charge in [-0.15, -0.1) is 0 Å². The zero-order valence-corrected chi connectivity index (χ0v) is 12.9. The van der Waals surface area contributed by atoms with Gasteiger partial charge in [0.25, 0.3) is 0 Å². The Hall–Kier alpha value is -1.26. The van der Waals surface area contributed by atoms with E-state index in [0.29, 0.717) is 25.3 Å². The van der Waals surface area contributed by atoms with E-state index in [2.05, 4.69) is 19.2 Å². The first-order valence-corrected chi connectivity index (χ1v) is 7.71. The number of nitrogens with one attached hydrogen (secondary N) is 1. The third-order valence-corrected chi connectivity index (χ3v) is 4.49. The van der Waals surface area contributed by atoms with Gasteiger partial charge in [-0.3, -0.25) is 4.79 Å². The van der Waals surface area contributed by atoms with E-state index in [-0.39, 0.29) is 12.6 Å². The molecule has 0 aliphatic heterocycles. The van der Waals surface area contributed by atoms with E-state index in [1.54, 1.807) is 4.90 Å². The molecule has 1 aliphatic carbocycles. The molecule has 0 heterocycles. The third-order valence-electron chi connectivity index (χ3n) is 4.49. The number of carboxylic acids is 1. The van der Waals surface area contributed by atoms with Crippen LogP contribution >= 0.6 is 0 Å². The largest absolute Gasteiger partial charge is 0.481 e. The van der Waals surface area contributed by atoms with E-state index in [1.165, 1.54) is 0 Å². The van der Waals surface area contributed by atoms with Crippen LogP contribution in [0.5, 0.6) is 0 Å². The molecule has 0 aromatic rings. The molecule has 1 unspecified atom stereocenters. The second-order valence-electron chi connectivity index (χ2n) is 6.00. The SMILES string of the molecule is CCC(C)CN(CC)C(=O)NCC1(C(=O)O)CCCC1. The minimum atomic E-state index is -0.778. The van der Waals surface area contributed by atoms with Crippen molar-refractivity contribution in [2.75, 3.05) is 19.6 Å². The summed E-state index contributed by atoms with van der Waals surface area (Å²) in [5, 5.41) is 12.2. The molecule has 0 bridgehead atoms. The smallest absolute Gasteiger partial charge is 0.317 e. The van der Waals surface area contributed by atoms with Gasteiger partial charge in [-0.2, -0.15) is 0 Å². The normalized spacial score (nSPS) is 18.6. The molecule has 20 heavy (non-hydrogen) atoms. The lowest BCUT2D eigenvalue weighted by molar-refractivity contribution is -0.148. The fourth-order valence-corrected chi connectivity index (χ4v) is 2.74. The van der Waals surface area contributed by atoms with Crippen LogP contribution in [0.3, 0.4) is 0 Å². The Labute approximate surface area is 121 Å². The average molecular weight is 284 g/mol.